The fourth-order valence-electron chi connectivity index (χ4n) is 7.47. The Hall–Kier alpha value is -4.04. The van der Waals surface area contributed by atoms with E-state index in [1.54, 1.807) is 7.11 Å². The Balaban J connectivity index is 1.20. The van der Waals surface area contributed by atoms with Crippen molar-refractivity contribution in [3.63, 3.8) is 0 Å². The van der Waals surface area contributed by atoms with Crippen molar-refractivity contribution in [1.82, 2.24) is 25.3 Å². The highest BCUT2D eigenvalue weighted by atomic mass is 32.2. The molecule has 3 aliphatic carbocycles. The van der Waals surface area contributed by atoms with Gasteiger partial charge in [0, 0.05) is 34.9 Å². The number of allylic oxidation sites excluding steroid dienone is 1. The van der Waals surface area contributed by atoms with E-state index in [9.17, 15) is 22.8 Å². The number of carbonyl (C=O) groups excluding carboxylic acids is 3. The van der Waals surface area contributed by atoms with Crippen LogP contribution in [0, 0.1) is 24.7 Å². The monoisotopic (exact) mass is 749 g/mol. The number of rotatable bonds is 8. The maximum Gasteiger partial charge on any atom is 0.259 e. The summed E-state index contributed by atoms with van der Waals surface area (Å²) in [4.78, 5) is 51.4. The maximum absolute atomic E-state index is 14.2. The van der Waals surface area contributed by atoms with E-state index in [1.807, 2.05) is 42.7 Å². The van der Waals surface area contributed by atoms with Crippen LogP contribution in [0.5, 0.6) is 11.5 Å². The molecule has 3 N–H and O–H groups in total. The zero-order valence-corrected chi connectivity index (χ0v) is 31.7. The topological polar surface area (TPSA) is 166 Å². The molecule has 1 unspecified atom stereocenters. The van der Waals surface area contributed by atoms with E-state index < -0.39 is 50.6 Å². The van der Waals surface area contributed by atoms with Crippen LogP contribution in [-0.4, -0.2) is 66.7 Å². The Morgan fingerprint density at radius 3 is 2.54 bits per heavy atom. The highest BCUT2D eigenvalue weighted by molar-refractivity contribution is 7.91. The average Bonchev–Trinajstić information content (AvgIpc) is 3.98. The van der Waals surface area contributed by atoms with Crippen molar-refractivity contribution in [1.29, 1.82) is 0 Å². The molecule has 7 rings (SSSR count). The number of benzene rings is 1. The van der Waals surface area contributed by atoms with Crippen LogP contribution >= 0.6 is 11.3 Å². The number of carbonyl (C=O) groups is 3. The van der Waals surface area contributed by atoms with Crippen molar-refractivity contribution in [3.8, 4) is 22.2 Å². The van der Waals surface area contributed by atoms with Gasteiger partial charge in [0.2, 0.25) is 21.8 Å². The van der Waals surface area contributed by atoms with Gasteiger partial charge in [0.05, 0.1) is 35.4 Å². The van der Waals surface area contributed by atoms with Crippen molar-refractivity contribution >= 4 is 50.0 Å². The Morgan fingerprint density at radius 2 is 1.83 bits per heavy atom. The summed E-state index contributed by atoms with van der Waals surface area (Å²) in [6.45, 7) is 6.63. The molecule has 3 saturated carbocycles. The van der Waals surface area contributed by atoms with Crippen LogP contribution in [-0.2, 0) is 24.4 Å². The maximum atomic E-state index is 14.2. The van der Waals surface area contributed by atoms with Gasteiger partial charge in [-0.3, -0.25) is 19.1 Å². The highest BCUT2D eigenvalue weighted by Crippen LogP contribution is 2.47. The summed E-state index contributed by atoms with van der Waals surface area (Å²) in [5.74, 6) is -1.75. The Bertz CT molecular complexity index is 2020. The predicted molar refractivity (Wildman–Crippen MR) is 199 cm³/mol. The standard InChI is InChI=1S/C38H47N5O7S2/c1-21(2)30-20-51-36(41-30)29-18-32(26-13-14-31(49-4)22(3)33(26)40-29)50-24-16-27-28(17-24)35(45)42-38(37(46)43-52(47,48)25-11-12-25)19-23(38)10-8-6-5-7-9-15-39-34(27)44/h8,10,13-14,18,20-21,23-25,27-28H,5-7,9,11-12,15-17,19H2,1-4H3,(H,39,44)(H,42,45)(H,43,46)/t23-,24+,27?,28-,38-/m1/s1. The number of aromatic nitrogens is 2. The van der Waals surface area contributed by atoms with Crippen LogP contribution in [0.2, 0.25) is 0 Å². The number of thiazole rings is 1. The SMILES string of the molecule is COc1ccc2c(O[C@H]3CC4C(=O)NCCCCCC=C[C@@H]5C[C@@]5(C(=O)NS(=O)(=O)C5CC5)NC(=O)[C@@H]4C3)cc(-c3nc(C(C)C)cs3)nc2c1C. The van der Waals surface area contributed by atoms with Crippen molar-refractivity contribution in [3.05, 3.63) is 47.0 Å². The van der Waals surface area contributed by atoms with Gasteiger partial charge in [-0.25, -0.2) is 18.4 Å². The number of hydrogen-bond acceptors (Lipinski definition) is 10. The molecule has 12 nitrogen and oxygen atoms in total. The van der Waals surface area contributed by atoms with E-state index in [-0.39, 0.29) is 37.0 Å². The van der Waals surface area contributed by atoms with E-state index in [2.05, 4.69) is 29.2 Å². The van der Waals surface area contributed by atoms with Gasteiger partial charge >= 0.3 is 0 Å². The molecule has 3 fully saturated rings. The quantitative estimate of drug-likeness (QED) is 0.259. The van der Waals surface area contributed by atoms with Crippen LogP contribution < -0.4 is 24.8 Å². The zero-order valence-electron chi connectivity index (χ0n) is 30.1. The van der Waals surface area contributed by atoms with E-state index in [4.69, 9.17) is 19.4 Å². The summed E-state index contributed by atoms with van der Waals surface area (Å²) in [5.41, 5.74) is 1.78. The minimum Gasteiger partial charge on any atom is -0.496 e. The van der Waals surface area contributed by atoms with Gasteiger partial charge in [0.15, 0.2) is 0 Å². The molecule has 278 valence electrons. The Morgan fingerprint density at radius 1 is 1.06 bits per heavy atom. The fraction of sp³-hybridized carbons (Fsp3) is 0.553. The van der Waals surface area contributed by atoms with Gasteiger partial charge in [0.1, 0.15) is 33.8 Å². The van der Waals surface area contributed by atoms with Crippen molar-refractivity contribution < 1.29 is 32.3 Å². The first-order chi connectivity index (χ1) is 24.9. The molecule has 52 heavy (non-hydrogen) atoms. The molecule has 0 bridgehead atoms. The first-order valence-electron chi connectivity index (χ1n) is 18.3. The fourth-order valence-corrected chi connectivity index (χ4v) is 9.77. The number of pyridine rings is 1. The lowest BCUT2D eigenvalue weighted by Crippen LogP contribution is -2.54. The summed E-state index contributed by atoms with van der Waals surface area (Å²) in [5, 5.41) is 8.97. The van der Waals surface area contributed by atoms with Gasteiger partial charge in [0.25, 0.3) is 5.91 Å². The lowest BCUT2D eigenvalue weighted by Gasteiger charge is -2.23. The minimum atomic E-state index is -3.83. The highest BCUT2D eigenvalue weighted by Gasteiger charge is 2.62. The molecule has 3 amide bonds. The largest absolute Gasteiger partial charge is 0.496 e. The van der Waals surface area contributed by atoms with Crippen molar-refractivity contribution in [2.24, 2.45) is 17.8 Å². The second kappa shape index (κ2) is 14.4. The number of amides is 3. The molecule has 0 spiro atoms. The summed E-state index contributed by atoms with van der Waals surface area (Å²) in [7, 11) is -2.21. The second-order valence-electron chi connectivity index (χ2n) is 15.0. The number of nitrogens with zero attached hydrogens (tertiary/aromatic N) is 2. The Kier molecular flexibility index (Phi) is 10.1. The molecule has 1 aliphatic heterocycles. The van der Waals surface area contributed by atoms with Crippen LogP contribution in [0.1, 0.15) is 88.8 Å². The minimum absolute atomic E-state index is 0.228. The number of fused-ring (bicyclic) bond motifs is 3. The summed E-state index contributed by atoms with van der Waals surface area (Å²) in [6, 6.07) is 5.65. The smallest absolute Gasteiger partial charge is 0.259 e. The van der Waals surface area contributed by atoms with Gasteiger partial charge < -0.3 is 20.1 Å². The third-order valence-corrected chi connectivity index (χ3v) is 13.6. The van der Waals surface area contributed by atoms with Crippen LogP contribution in [0.15, 0.2) is 35.7 Å². The number of ether oxygens (including phenoxy) is 2. The number of methoxy groups -OCH3 is 1. The molecule has 4 aliphatic rings. The molecule has 1 aromatic carbocycles. The lowest BCUT2D eigenvalue weighted by molar-refractivity contribution is -0.136. The average molecular weight is 750 g/mol. The summed E-state index contributed by atoms with van der Waals surface area (Å²) < 4.78 is 40.2. The molecule has 0 saturated heterocycles. The van der Waals surface area contributed by atoms with Gasteiger partial charge in [-0.15, -0.1) is 11.3 Å². The predicted octanol–water partition coefficient (Wildman–Crippen LogP) is 5.30. The van der Waals surface area contributed by atoms with Crippen LogP contribution in [0.3, 0.4) is 0 Å². The summed E-state index contributed by atoms with van der Waals surface area (Å²) in [6.07, 6.45) is 8.65. The number of nitrogens with one attached hydrogen (secondary N) is 3. The third-order valence-electron chi connectivity index (χ3n) is 10.9. The molecular weight excluding hydrogens is 703 g/mol. The van der Waals surface area contributed by atoms with E-state index in [0.717, 1.165) is 47.3 Å². The van der Waals surface area contributed by atoms with E-state index >= 15 is 0 Å². The van der Waals surface area contributed by atoms with Crippen molar-refractivity contribution in [2.75, 3.05) is 13.7 Å². The molecule has 14 heteroatoms. The van der Waals surface area contributed by atoms with Gasteiger partial charge in [-0.05, 0) is 76.3 Å². The third kappa shape index (κ3) is 7.28. The Labute approximate surface area is 308 Å². The second-order valence-corrected chi connectivity index (χ2v) is 17.8. The van der Waals surface area contributed by atoms with E-state index in [1.165, 1.54) is 11.3 Å². The zero-order chi connectivity index (χ0) is 36.8. The van der Waals surface area contributed by atoms with Gasteiger partial charge in [-0.1, -0.05) is 32.4 Å². The first-order valence-corrected chi connectivity index (χ1v) is 20.8. The molecular formula is C38H47N5O7S2. The lowest BCUT2D eigenvalue weighted by atomic mass is 9.93. The normalized spacial score (nSPS) is 26.8. The van der Waals surface area contributed by atoms with E-state index in [0.29, 0.717) is 42.1 Å². The molecule has 2 aromatic heterocycles. The summed E-state index contributed by atoms with van der Waals surface area (Å²) >= 11 is 1.51. The molecule has 3 heterocycles. The first kappa shape index (κ1) is 36.3. The van der Waals surface area contributed by atoms with Crippen LogP contribution in [0.25, 0.3) is 21.6 Å². The molecule has 3 aromatic rings. The number of sulfonamides is 1. The number of aryl methyl sites for hydroxylation is 1. The number of hydrogen-bond donors (Lipinski definition) is 3. The molecule has 5 atom stereocenters. The van der Waals surface area contributed by atoms with Crippen molar-refractivity contribution in [2.45, 2.75) is 101 Å². The van der Waals surface area contributed by atoms with Crippen LogP contribution in [0.4, 0.5) is 0 Å². The van der Waals surface area contributed by atoms with Gasteiger partial charge in [-0.2, -0.15) is 0 Å². The molecule has 0 radical (unpaired) electrons.